The van der Waals surface area contributed by atoms with E-state index in [-0.39, 0.29) is 5.91 Å². The van der Waals surface area contributed by atoms with Crippen molar-refractivity contribution in [1.29, 1.82) is 0 Å². The van der Waals surface area contributed by atoms with Gasteiger partial charge in [0.25, 0.3) is 0 Å². The SMILES string of the molecule is CN=C(NCCC(=O)N1CCN(c2ccccc2)CC1)N1CCN(c2ccccn2)CC1. The summed E-state index contributed by atoms with van der Waals surface area (Å²) in [5, 5.41) is 3.38. The molecule has 0 aliphatic carbocycles. The lowest BCUT2D eigenvalue weighted by molar-refractivity contribution is -0.131. The molecule has 0 spiro atoms. The first kappa shape index (κ1) is 21.9. The second-order valence-electron chi connectivity index (χ2n) is 8.09. The van der Waals surface area contributed by atoms with Crippen LogP contribution in [-0.2, 0) is 4.79 Å². The molecular formula is C24H33N7O. The standard InChI is InChI=1S/C24H33N7O/c1-25-24(31-19-15-29(16-20-31)22-9-5-6-11-26-22)27-12-10-23(32)30-17-13-28(14-18-30)21-7-3-2-4-8-21/h2-9,11H,10,12-20H2,1H3,(H,25,27). The number of nitrogens with one attached hydrogen (secondary N) is 1. The molecule has 0 saturated carbocycles. The van der Waals surface area contributed by atoms with Gasteiger partial charge in [-0.05, 0) is 24.3 Å². The third-order valence-electron chi connectivity index (χ3n) is 6.14. The van der Waals surface area contributed by atoms with Crippen molar-refractivity contribution in [2.45, 2.75) is 6.42 Å². The fourth-order valence-corrected chi connectivity index (χ4v) is 4.31. The number of anilines is 2. The van der Waals surface area contributed by atoms with Gasteiger partial charge in [0.15, 0.2) is 5.96 Å². The van der Waals surface area contributed by atoms with Gasteiger partial charge >= 0.3 is 0 Å². The maximum Gasteiger partial charge on any atom is 0.224 e. The molecule has 2 fully saturated rings. The number of carbonyl (C=O) groups is 1. The number of hydrogen-bond donors (Lipinski definition) is 1. The molecule has 3 heterocycles. The lowest BCUT2D eigenvalue weighted by atomic mass is 10.2. The number of para-hydroxylation sites is 1. The maximum absolute atomic E-state index is 12.7. The quantitative estimate of drug-likeness (QED) is 0.567. The smallest absolute Gasteiger partial charge is 0.224 e. The molecule has 170 valence electrons. The van der Waals surface area contributed by atoms with Gasteiger partial charge < -0.3 is 24.9 Å². The number of aliphatic imine (C=N–C) groups is 1. The molecule has 4 rings (SSSR count). The third kappa shape index (κ3) is 5.49. The van der Waals surface area contributed by atoms with Gasteiger partial charge in [0.2, 0.25) is 5.91 Å². The van der Waals surface area contributed by atoms with Crippen LogP contribution in [0.25, 0.3) is 0 Å². The zero-order chi connectivity index (χ0) is 22.2. The largest absolute Gasteiger partial charge is 0.368 e. The van der Waals surface area contributed by atoms with Crippen molar-refractivity contribution in [3.8, 4) is 0 Å². The average Bonchev–Trinajstić information content (AvgIpc) is 2.88. The van der Waals surface area contributed by atoms with Crippen LogP contribution in [0.5, 0.6) is 0 Å². The summed E-state index contributed by atoms with van der Waals surface area (Å²) >= 11 is 0. The van der Waals surface area contributed by atoms with Crippen LogP contribution in [0.1, 0.15) is 6.42 Å². The van der Waals surface area contributed by atoms with Gasteiger partial charge in [-0.15, -0.1) is 0 Å². The summed E-state index contributed by atoms with van der Waals surface area (Å²) in [7, 11) is 1.80. The second kappa shape index (κ2) is 10.8. The van der Waals surface area contributed by atoms with Crippen molar-refractivity contribution in [1.82, 2.24) is 20.1 Å². The number of benzene rings is 1. The first-order valence-corrected chi connectivity index (χ1v) is 11.4. The molecule has 2 saturated heterocycles. The number of amides is 1. The Hall–Kier alpha value is -3.29. The summed E-state index contributed by atoms with van der Waals surface area (Å²) in [6, 6.07) is 16.4. The normalized spacial score (nSPS) is 17.5. The van der Waals surface area contributed by atoms with Crippen molar-refractivity contribution < 1.29 is 4.79 Å². The Morgan fingerprint density at radius 3 is 2.19 bits per heavy atom. The molecule has 1 aromatic carbocycles. The molecule has 32 heavy (non-hydrogen) atoms. The summed E-state index contributed by atoms with van der Waals surface area (Å²) in [5.41, 5.74) is 1.23. The Kier molecular flexibility index (Phi) is 7.42. The predicted octanol–water partition coefficient (Wildman–Crippen LogP) is 1.52. The van der Waals surface area contributed by atoms with E-state index in [1.165, 1.54) is 5.69 Å². The highest BCUT2D eigenvalue weighted by molar-refractivity contribution is 5.81. The fraction of sp³-hybridized carbons (Fsp3) is 0.458. The molecule has 2 aliphatic heterocycles. The molecule has 8 nitrogen and oxygen atoms in total. The van der Waals surface area contributed by atoms with Gasteiger partial charge in [-0.2, -0.15) is 0 Å². The number of aromatic nitrogens is 1. The van der Waals surface area contributed by atoms with Crippen LogP contribution in [-0.4, -0.2) is 92.6 Å². The van der Waals surface area contributed by atoms with Crippen molar-refractivity contribution in [3.05, 3.63) is 54.7 Å². The highest BCUT2D eigenvalue weighted by Crippen LogP contribution is 2.16. The van der Waals surface area contributed by atoms with E-state index in [2.05, 4.69) is 54.3 Å². The van der Waals surface area contributed by atoms with E-state index in [9.17, 15) is 4.79 Å². The second-order valence-corrected chi connectivity index (χ2v) is 8.09. The lowest BCUT2D eigenvalue weighted by Gasteiger charge is -2.37. The Bertz CT molecular complexity index is 874. The van der Waals surface area contributed by atoms with E-state index in [0.29, 0.717) is 13.0 Å². The molecule has 8 heteroatoms. The highest BCUT2D eigenvalue weighted by atomic mass is 16.2. The van der Waals surface area contributed by atoms with Crippen LogP contribution in [0, 0.1) is 0 Å². The highest BCUT2D eigenvalue weighted by Gasteiger charge is 2.22. The first-order chi connectivity index (χ1) is 15.7. The minimum absolute atomic E-state index is 0.209. The summed E-state index contributed by atoms with van der Waals surface area (Å²) < 4.78 is 0. The molecule has 0 atom stereocenters. The molecular weight excluding hydrogens is 402 g/mol. The molecule has 0 unspecified atom stereocenters. The number of rotatable bonds is 5. The first-order valence-electron chi connectivity index (χ1n) is 11.4. The minimum atomic E-state index is 0.209. The van der Waals surface area contributed by atoms with E-state index in [4.69, 9.17) is 0 Å². The minimum Gasteiger partial charge on any atom is -0.368 e. The fourth-order valence-electron chi connectivity index (χ4n) is 4.31. The van der Waals surface area contributed by atoms with Crippen molar-refractivity contribution in [2.24, 2.45) is 4.99 Å². The topological polar surface area (TPSA) is 67.3 Å². The monoisotopic (exact) mass is 435 g/mol. The number of nitrogens with zero attached hydrogens (tertiary/aromatic N) is 6. The zero-order valence-electron chi connectivity index (χ0n) is 18.9. The summed E-state index contributed by atoms with van der Waals surface area (Å²) in [5.74, 6) is 2.10. The van der Waals surface area contributed by atoms with Gasteiger partial charge in [-0.25, -0.2) is 4.98 Å². The number of hydrogen-bond acceptors (Lipinski definition) is 5. The average molecular weight is 436 g/mol. The number of piperazine rings is 2. The molecule has 0 radical (unpaired) electrons. The van der Waals surface area contributed by atoms with E-state index in [1.54, 1.807) is 7.05 Å². The Morgan fingerprint density at radius 1 is 0.875 bits per heavy atom. The third-order valence-corrected chi connectivity index (χ3v) is 6.14. The summed E-state index contributed by atoms with van der Waals surface area (Å²) in [6.45, 7) is 7.49. The Labute approximate surface area is 190 Å². The van der Waals surface area contributed by atoms with Gasteiger partial charge in [0.1, 0.15) is 5.82 Å². The summed E-state index contributed by atoms with van der Waals surface area (Å²) in [6.07, 6.45) is 2.32. The molecule has 0 bridgehead atoms. The summed E-state index contributed by atoms with van der Waals surface area (Å²) in [4.78, 5) is 30.4. The van der Waals surface area contributed by atoms with Gasteiger partial charge in [-0.3, -0.25) is 9.79 Å². The van der Waals surface area contributed by atoms with E-state index >= 15 is 0 Å². The van der Waals surface area contributed by atoms with E-state index in [0.717, 1.165) is 64.1 Å². The van der Waals surface area contributed by atoms with E-state index in [1.807, 2.05) is 35.4 Å². The molecule has 1 aromatic heterocycles. The van der Waals surface area contributed by atoms with E-state index < -0.39 is 0 Å². The molecule has 2 aromatic rings. The van der Waals surface area contributed by atoms with Crippen LogP contribution in [0.3, 0.4) is 0 Å². The zero-order valence-corrected chi connectivity index (χ0v) is 18.9. The van der Waals surface area contributed by atoms with Gasteiger partial charge in [-0.1, -0.05) is 24.3 Å². The van der Waals surface area contributed by atoms with Crippen LogP contribution >= 0.6 is 0 Å². The van der Waals surface area contributed by atoms with Crippen LogP contribution in [0.4, 0.5) is 11.5 Å². The molecule has 2 aliphatic rings. The molecule has 1 N–H and O–H groups in total. The number of guanidine groups is 1. The maximum atomic E-state index is 12.7. The van der Waals surface area contributed by atoms with Crippen LogP contribution in [0.15, 0.2) is 59.7 Å². The number of pyridine rings is 1. The number of carbonyl (C=O) groups excluding carboxylic acids is 1. The molecule has 1 amide bonds. The van der Waals surface area contributed by atoms with Crippen molar-refractivity contribution >= 4 is 23.4 Å². The van der Waals surface area contributed by atoms with Gasteiger partial charge in [0.05, 0.1) is 0 Å². The van der Waals surface area contributed by atoms with Crippen molar-refractivity contribution in [3.63, 3.8) is 0 Å². The van der Waals surface area contributed by atoms with Crippen LogP contribution in [0.2, 0.25) is 0 Å². The Morgan fingerprint density at radius 2 is 1.53 bits per heavy atom. The van der Waals surface area contributed by atoms with Gasteiger partial charge in [0, 0.05) is 84.3 Å². The van der Waals surface area contributed by atoms with Crippen LogP contribution < -0.4 is 15.1 Å². The van der Waals surface area contributed by atoms with Crippen molar-refractivity contribution in [2.75, 3.05) is 75.8 Å². The Balaban J connectivity index is 1.17. The predicted molar refractivity (Wildman–Crippen MR) is 129 cm³/mol. The lowest BCUT2D eigenvalue weighted by Crippen LogP contribution is -2.53.